The van der Waals surface area contributed by atoms with Gasteiger partial charge in [0.1, 0.15) is 0 Å². The van der Waals surface area contributed by atoms with E-state index in [2.05, 4.69) is 30.9 Å². The Balaban J connectivity index is 1.13. The molecule has 2 aliphatic rings. The number of anilines is 1. The van der Waals surface area contributed by atoms with Gasteiger partial charge in [-0.3, -0.25) is 9.78 Å². The largest absolute Gasteiger partial charge is 0.481 e. The molecule has 0 radical (unpaired) electrons. The van der Waals surface area contributed by atoms with Crippen LogP contribution in [0.3, 0.4) is 0 Å². The van der Waals surface area contributed by atoms with Gasteiger partial charge >= 0.3 is 0 Å². The van der Waals surface area contributed by atoms with Gasteiger partial charge in [0.25, 0.3) is 5.91 Å². The molecule has 2 aliphatic heterocycles. The molecule has 0 bridgehead atoms. The zero-order chi connectivity index (χ0) is 23.5. The molecule has 1 fully saturated rings. The topological polar surface area (TPSA) is 110 Å². The first-order valence-corrected chi connectivity index (χ1v) is 11.8. The molecule has 5 heterocycles. The molecule has 0 unspecified atom stereocenters. The van der Waals surface area contributed by atoms with E-state index in [4.69, 9.17) is 21.1 Å². The Morgan fingerprint density at radius 1 is 1.24 bits per heavy atom. The highest BCUT2D eigenvalue weighted by atomic mass is 35.5. The predicted molar refractivity (Wildman–Crippen MR) is 129 cm³/mol. The third-order valence-corrected chi connectivity index (χ3v) is 6.64. The molecule has 3 aromatic rings. The third-order valence-electron chi connectivity index (χ3n) is 6.31. The van der Waals surface area contributed by atoms with Crippen molar-refractivity contribution >= 4 is 34.4 Å². The third kappa shape index (κ3) is 5.06. The molecule has 1 saturated heterocycles. The molecular weight excluding hydrogens is 456 g/mol. The van der Waals surface area contributed by atoms with Gasteiger partial charge < -0.3 is 25.4 Å². The maximum absolute atomic E-state index is 11.5. The number of nitrogens with one attached hydrogen (secondary N) is 3. The highest BCUT2D eigenvalue weighted by Crippen LogP contribution is 2.28. The van der Waals surface area contributed by atoms with Crippen molar-refractivity contribution in [1.82, 2.24) is 25.6 Å². The number of nitrogens with zero attached hydrogens (tertiary/aromatic N) is 3. The molecule has 0 saturated carbocycles. The van der Waals surface area contributed by atoms with Gasteiger partial charge in [0.15, 0.2) is 18.2 Å². The van der Waals surface area contributed by atoms with E-state index >= 15 is 0 Å². The lowest BCUT2D eigenvalue weighted by Gasteiger charge is -2.31. The number of hydrogen-bond acceptors (Lipinski definition) is 8. The van der Waals surface area contributed by atoms with Gasteiger partial charge in [-0.1, -0.05) is 11.6 Å². The normalized spacial score (nSPS) is 19.9. The maximum atomic E-state index is 11.5. The van der Waals surface area contributed by atoms with Crippen LogP contribution in [0.1, 0.15) is 30.5 Å². The number of piperidine rings is 1. The minimum Gasteiger partial charge on any atom is -0.481 e. The molecule has 0 spiro atoms. The molecule has 5 rings (SSSR count). The van der Waals surface area contributed by atoms with Crippen LogP contribution in [0.4, 0.5) is 5.82 Å². The Bertz CT molecular complexity index is 1200. The fraction of sp³-hybridized carbons (Fsp3) is 0.417. The van der Waals surface area contributed by atoms with E-state index in [1.165, 1.54) is 0 Å². The van der Waals surface area contributed by atoms with Crippen LogP contribution >= 0.6 is 11.6 Å². The Morgan fingerprint density at radius 3 is 2.97 bits per heavy atom. The Labute approximate surface area is 202 Å². The monoisotopic (exact) mass is 482 g/mol. The summed E-state index contributed by atoms with van der Waals surface area (Å²) in [5, 5.41) is 10.6. The second-order valence-corrected chi connectivity index (χ2v) is 9.00. The number of carbonyl (C=O) groups is 1. The molecule has 2 atom stereocenters. The minimum atomic E-state index is -0.177. The molecule has 0 aromatic carbocycles. The minimum absolute atomic E-state index is 0.0372. The molecule has 34 heavy (non-hydrogen) atoms. The first-order chi connectivity index (χ1) is 16.6. The quantitative estimate of drug-likeness (QED) is 0.471. The van der Waals surface area contributed by atoms with E-state index < -0.39 is 0 Å². The summed E-state index contributed by atoms with van der Waals surface area (Å²) in [6.45, 7) is 1.55. The van der Waals surface area contributed by atoms with Gasteiger partial charge in [0, 0.05) is 43.0 Å². The number of aromatic nitrogens is 3. The summed E-state index contributed by atoms with van der Waals surface area (Å²) in [4.78, 5) is 25.0. The number of halogens is 1. The first kappa shape index (κ1) is 22.8. The van der Waals surface area contributed by atoms with Crippen LogP contribution < -0.4 is 25.4 Å². The van der Waals surface area contributed by atoms with Crippen LogP contribution in [0, 0.1) is 0 Å². The summed E-state index contributed by atoms with van der Waals surface area (Å²) in [5.41, 5.74) is 3.51. The smallest absolute Gasteiger partial charge is 0.263 e. The van der Waals surface area contributed by atoms with Gasteiger partial charge in [-0.25, -0.2) is 9.97 Å². The number of fused-ring (bicyclic) bond motifs is 2. The fourth-order valence-electron chi connectivity index (χ4n) is 4.44. The number of amides is 1. The molecule has 1 amide bonds. The standard InChI is InChI=1S/C24H27ClN6O3/c1-33-22-9-7-19-23(31-22)17(18(25)12-28-19)6-4-14-2-3-15(10-26-14)27-11-16-5-8-20-24(29-16)30-21(32)13-34-20/h5,7-9,12,14-15,26-27H,2-4,6,10-11,13H2,1H3,(H,29,30,32)/t14-,15-/m1/s1. The van der Waals surface area contributed by atoms with Crippen molar-refractivity contribution in [3.05, 3.63) is 46.7 Å². The van der Waals surface area contributed by atoms with Crippen molar-refractivity contribution in [3.63, 3.8) is 0 Å². The average Bonchev–Trinajstić information content (AvgIpc) is 2.87. The van der Waals surface area contributed by atoms with Gasteiger partial charge in [-0.05, 0) is 43.9 Å². The molecule has 178 valence electrons. The van der Waals surface area contributed by atoms with E-state index in [-0.39, 0.29) is 12.5 Å². The van der Waals surface area contributed by atoms with Crippen molar-refractivity contribution < 1.29 is 14.3 Å². The van der Waals surface area contributed by atoms with Crippen molar-refractivity contribution in [2.24, 2.45) is 0 Å². The molecular formula is C24H27ClN6O3. The Hall–Kier alpha value is -3.01. The van der Waals surface area contributed by atoms with Crippen LogP contribution in [0.2, 0.25) is 5.02 Å². The van der Waals surface area contributed by atoms with Crippen LogP contribution in [0.5, 0.6) is 11.6 Å². The zero-order valence-electron chi connectivity index (χ0n) is 18.9. The van der Waals surface area contributed by atoms with E-state index in [1.54, 1.807) is 13.3 Å². The highest BCUT2D eigenvalue weighted by molar-refractivity contribution is 6.32. The lowest BCUT2D eigenvalue weighted by Crippen LogP contribution is -2.47. The number of pyridine rings is 3. The van der Waals surface area contributed by atoms with Crippen LogP contribution in [0.15, 0.2) is 30.5 Å². The number of methoxy groups -OCH3 is 1. The van der Waals surface area contributed by atoms with Gasteiger partial charge in [-0.2, -0.15) is 0 Å². The summed E-state index contributed by atoms with van der Waals surface area (Å²) >= 11 is 6.48. The Morgan fingerprint density at radius 2 is 2.15 bits per heavy atom. The summed E-state index contributed by atoms with van der Waals surface area (Å²) in [6.07, 6.45) is 5.63. The zero-order valence-corrected chi connectivity index (χ0v) is 19.7. The fourth-order valence-corrected chi connectivity index (χ4v) is 4.67. The van der Waals surface area contributed by atoms with Crippen LogP contribution in [-0.2, 0) is 17.8 Å². The van der Waals surface area contributed by atoms with Crippen LogP contribution in [0.25, 0.3) is 11.0 Å². The SMILES string of the molecule is COc1ccc2ncc(Cl)c(CC[C@H]3CC[C@@H](NCc4ccc5c(n4)NC(=O)CO5)CN3)c2n1. The number of hydrogen-bond donors (Lipinski definition) is 3. The molecule has 10 heteroatoms. The van der Waals surface area contributed by atoms with Crippen LogP contribution in [-0.4, -0.2) is 53.2 Å². The summed E-state index contributed by atoms with van der Waals surface area (Å²) in [6, 6.07) is 8.27. The summed E-state index contributed by atoms with van der Waals surface area (Å²) < 4.78 is 10.6. The summed E-state index contributed by atoms with van der Waals surface area (Å²) in [5.74, 6) is 1.49. The number of aryl methyl sites for hydroxylation is 1. The highest BCUT2D eigenvalue weighted by Gasteiger charge is 2.22. The maximum Gasteiger partial charge on any atom is 0.263 e. The average molecular weight is 483 g/mol. The number of carbonyl (C=O) groups excluding carboxylic acids is 1. The van der Waals surface area contributed by atoms with Gasteiger partial charge in [0.2, 0.25) is 5.88 Å². The van der Waals surface area contributed by atoms with Crippen molar-refractivity contribution in [2.75, 3.05) is 25.6 Å². The van der Waals surface area contributed by atoms with Crippen molar-refractivity contribution in [2.45, 2.75) is 44.3 Å². The Kier molecular flexibility index (Phi) is 6.75. The number of ether oxygens (including phenoxy) is 2. The lowest BCUT2D eigenvalue weighted by atomic mass is 9.95. The lowest BCUT2D eigenvalue weighted by molar-refractivity contribution is -0.118. The van der Waals surface area contributed by atoms with E-state index in [0.29, 0.717) is 41.1 Å². The first-order valence-electron chi connectivity index (χ1n) is 11.5. The predicted octanol–water partition coefficient (Wildman–Crippen LogP) is 2.86. The second-order valence-electron chi connectivity index (χ2n) is 8.59. The molecule has 3 aromatic heterocycles. The number of rotatable bonds is 7. The molecule has 9 nitrogen and oxygen atoms in total. The van der Waals surface area contributed by atoms with E-state index in [0.717, 1.165) is 54.5 Å². The van der Waals surface area contributed by atoms with Crippen molar-refractivity contribution in [1.29, 1.82) is 0 Å². The van der Waals surface area contributed by atoms with Gasteiger partial charge in [-0.15, -0.1) is 0 Å². The molecule has 3 N–H and O–H groups in total. The summed E-state index contributed by atoms with van der Waals surface area (Å²) in [7, 11) is 1.61. The molecule has 0 aliphatic carbocycles. The van der Waals surface area contributed by atoms with E-state index in [9.17, 15) is 4.79 Å². The van der Waals surface area contributed by atoms with Crippen molar-refractivity contribution in [3.8, 4) is 11.6 Å². The van der Waals surface area contributed by atoms with Gasteiger partial charge in [0.05, 0.1) is 28.9 Å². The van der Waals surface area contributed by atoms with E-state index in [1.807, 2.05) is 24.3 Å². The second kappa shape index (κ2) is 10.1.